The van der Waals surface area contributed by atoms with Gasteiger partial charge in [0, 0.05) is 5.54 Å². The third-order valence-corrected chi connectivity index (χ3v) is 4.05. The van der Waals surface area contributed by atoms with Crippen molar-refractivity contribution in [3.05, 3.63) is 17.1 Å². The van der Waals surface area contributed by atoms with Gasteiger partial charge >= 0.3 is 0 Å². The molecule has 3 N–H and O–H groups in total. The number of hydrogen-bond donors (Lipinski definition) is 2. The highest BCUT2D eigenvalue weighted by Crippen LogP contribution is 2.34. The molecule has 1 aromatic carbocycles. The summed E-state index contributed by atoms with van der Waals surface area (Å²) in [6.45, 7) is 13.2. The molecule has 4 heteroatoms. The number of fused-ring (bicyclic) bond motifs is 1. The van der Waals surface area contributed by atoms with Crippen LogP contribution in [-0.2, 0) is 0 Å². The van der Waals surface area contributed by atoms with E-state index in [0.29, 0.717) is 0 Å². The summed E-state index contributed by atoms with van der Waals surface area (Å²) in [5.41, 5.74) is 9.25. The van der Waals surface area contributed by atoms with Crippen LogP contribution in [-0.4, -0.2) is 10.5 Å². The molecule has 0 radical (unpaired) electrons. The molecule has 0 aliphatic heterocycles. The van der Waals surface area contributed by atoms with E-state index in [-0.39, 0.29) is 11.0 Å². The van der Waals surface area contributed by atoms with Gasteiger partial charge in [-0.3, -0.25) is 0 Å². The van der Waals surface area contributed by atoms with Crippen LogP contribution < -0.4 is 11.1 Å². The van der Waals surface area contributed by atoms with Crippen molar-refractivity contribution in [3.8, 4) is 0 Å². The molecule has 0 saturated carbocycles. The summed E-state index contributed by atoms with van der Waals surface area (Å²) >= 11 is 1.68. The van der Waals surface area contributed by atoms with E-state index < -0.39 is 0 Å². The Balaban J connectivity index is 2.31. The number of thiazole rings is 1. The molecule has 0 amide bonds. The molecule has 1 aromatic heterocycles. The van der Waals surface area contributed by atoms with Gasteiger partial charge in [0.05, 0.1) is 26.6 Å². The van der Waals surface area contributed by atoms with Crippen LogP contribution in [0.15, 0.2) is 12.1 Å². The Bertz CT molecular complexity index is 620. The Labute approximate surface area is 125 Å². The number of aryl methyl sites for hydroxylation is 1. The molecule has 0 aliphatic carbocycles. The standard InChI is InChI=1S/C16H25N3S/c1-10-18-13-8-12(11(17)7-14(13)20-10)19-16(5,6)9-15(2,3)4/h7-8,19H,9,17H2,1-6H3. The van der Waals surface area contributed by atoms with Gasteiger partial charge in [-0.25, -0.2) is 4.98 Å². The first-order valence-corrected chi connectivity index (χ1v) is 7.82. The first kappa shape index (κ1) is 15.1. The molecule has 1 heterocycles. The summed E-state index contributed by atoms with van der Waals surface area (Å²) in [6, 6.07) is 4.09. The molecule has 0 saturated heterocycles. The Morgan fingerprint density at radius 3 is 2.45 bits per heavy atom. The normalized spacial score (nSPS) is 12.9. The highest BCUT2D eigenvalue weighted by Gasteiger charge is 2.26. The zero-order valence-electron chi connectivity index (χ0n) is 13.3. The van der Waals surface area contributed by atoms with Crippen molar-refractivity contribution in [3.63, 3.8) is 0 Å². The molecule has 20 heavy (non-hydrogen) atoms. The summed E-state index contributed by atoms with van der Waals surface area (Å²) in [5, 5.41) is 4.66. The average Bonchev–Trinajstić information content (AvgIpc) is 2.53. The first-order valence-electron chi connectivity index (χ1n) is 7.01. The molecule has 0 bridgehead atoms. The third kappa shape index (κ3) is 3.63. The lowest BCUT2D eigenvalue weighted by Gasteiger charge is -2.34. The Morgan fingerprint density at radius 1 is 1.20 bits per heavy atom. The molecular formula is C16H25N3S. The van der Waals surface area contributed by atoms with Gasteiger partial charge in [0.15, 0.2) is 0 Å². The topological polar surface area (TPSA) is 50.9 Å². The van der Waals surface area contributed by atoms with Crippen molar-refractivity contribution in [2.75, 3.05) is 11.1 Å². The second-order valence-corrected chi connectivity index (χ2v) is 8.62. The molecular weight excluding hydrogens is 266 g/mol. The summed E-state index contributed by atoms with van der Waals surface area (Å²) in [5.74, 6) is 0. The number of hydrogen-bond acceptors (Lipinski definition) is 4. The lowest BCUT2D eigenvalue weighted by atomic mass is 9.81. The van der Waals surface area contributed by atoms with E-state index in [1.807, 2.05) is 13.0 Å². The van der Waals surface area contributed by atoms with Gasteiger partial charge in [0.2, 0.25) is 0 Å². The molecule has 2 rings (SSSR count). The van der Waals surface area contributed by atoms with E-state index in [0.717, 1.165) is 33.0 Å². The predicted molar refractivity (Wildman–Crippen MR) is 90.5 cm³/mol. The number of nitrogens with two attached hydrogens (primary N) is 1. The number of anilines is 2. The number of benzene rings is 1. The van der Waals surface area contributed by atoms with Gasteiger partial charge in [0.1, 0.15) is 0 Å². The van der Waals surface area contributed by atoms with Crippen LogP contribution in [0.1, 0.15) is 46.0 Å². The monoisotopic (exact) mass is 291 g/mol. The fourth-order valence-electron chi connectivity index (χ4n) is 2.95. The second-order valence-electron chi connectivity index (χ2n) is 7.39. The van der Waals surface area contributed by atoms with E-state index in [1.165, 1.54) is 0 Å². The first-order chi connectivity index (χ1) is 9.06. The van der Waals surface area contributed by atoms with Gasteiger partial charge in [-0.05, 0) is 44.7 Å². The zero-order valence-corrected chi connectivity index (χ0v) is 14.1. The minimum atomic E-state index is -0.00882. The van der Waals surface area contributed by atoms with E-state index >= 15 is 0 Å². The minimum Gasteiger partial charge on any atom is -0.397 e. The minimum absolute atomic E-state index is 0.00882. The molecule has 0 fully saturated rings. The van der Waals surface area contributed by atoms with Crippen LogP contribution in [0.3, 0.4) is 0 Å². The van der Waals surface area contributed by atoms with E-state index in [4.69, 9.17) is 5.73 Å². The largest absolute Gasteiger partial charge is 0.397 e. The third-order valence-electron chi connectivity index (χ3n) is 3.11. The smallest absolute Gasteiger partial charge is 0.0907 e. The van der Waals surface area contributed by atoms with Crippen LogP contribution >= 0.6 is 11.3 Å². The molecule has 0 spiro atoms. The maximum atomic E-state index is 6.18. The Kier molecular flexibility index (Phi) is 3.71. The van der Waals surface area contributed by atoms with Crippen molar-refractivity contribution in [2.24, 2.45) is 5.41 Å². The number of nitrogen functional groups attached to an aromatic ring is 1. The van der Waals surface area contributed by atoms with E-state index in [9.17, 15) is 0 Å². The number of nitrogens with one attached hydrogen (secondary N) is 1. The zero-order chi connectivity index (χ0) is 15.1. The maximum Gasteiger partial charge on any atom is 0.0907 e. The second kappa shape index (κ2) is 4.92. The van der Waals surface area contributed by atoms with Gasteiger partial charge in [-0.2, -0.15) is 0 Å². The highest BCUT2D eigenvalue weighted by atomic mass is 32.1. The summed E-state index contributed by atoms with van der Waals surface area (Å²) in [4.78, 5) is 4.54. The predicted octanol–water partition coefficient (Wildman–Crippen LogP) is 4.81. The number of aromatic nitrogens is 1. The van der Waals surface area contributed by atoms with Crippen LogP contribution in [0.5, 0.6) is 0 Å². The van der Waals surface area contributed by atoms with Crippen molar-refractivity contribution in [1.29, 1.82) is 0 Å². The van der Waals surface area contributed by atoms with Gasteiger partial charge in [-0.1, -0.05) is 20.8 Å². The van der Waals surface area contributed by atoms with Crippen LogP contribution in [0.2, 0.25) is 0 Å². The average molecular weight is 291 g/mol. The number of nitrogens with zero attached hydrogens (tertiary/aromatic N) is 1. The van der Waals surface area contributed by atoms with Crippen LogP contribution in [0.4, 0.5) is 11.4 Å². The highest BCUT2D eigenvalue weighted by molar-refractivity contribution is 7.18. The SMILES string of the molecule is Cc1nc2cc(NC(C)(C)CC(C)(C)C)c(N)cc2s1. The fourth-order valence-corrected chi connectivity index (χ4v) is 3.80. The molecule has 2 aromatic rings. The lowest BCUT2D eigenvalue weighted by molar-refractivity contribution is 0.302. The summed E-state index contributed by atoms with van der Waals surface area (Å²) in [6.07, 6.45) is 1.06. The summed E-state index contributed by atoms with van der Waals surface area (Å²) < 4.78 is 1.15. The van der Waals surface area contributed by atoms with E-state index in [1.54, 1.807) is 11.3 Å². The Hall–Kier alpha value is -1.29. The van der Waals surface area contributed by atoms with Crippen LogP contribution in [0, 0.1) is 12.3 Å². The van der Waals surface area contributed by atoms with Gasteiger partial charge in [-0.15, -0.1) is 11.3 Å². The van der Waals surface area contributed by atoms with Gasteiger partial charge < -0.3 is 11.1 Å². The lowest BCUT2D eigenvalue weighted by Crippen LogP contribution is -2.35. The molecule has 3 nitrogen and oxygen atoms in total. The molecule has 0 unspecified atom stereocenters. The summed E-state index contributed by atoms with van der Waals surface area (Å²) in [7, 11) is 0. The van der Waals surface area contributed by atoms with Crippen molar-refractivity contribution in [2.45, 2.75) is 53.5 Å². The van der Waals surface area contributed by atoms with E-state index in [2.05, 4.69) is 51.0 Å². The fraction of sp³-hybridized carbons (Fsp3) is 0.562. The maximum absolute atomic E-state index is 6.18. The quantitative estimate of drug-likeness (QED) is 0.798. The van der Waals surface area contributed by atoms with Crippen molar-refractivity contribution in [1.82, 2.24) is 4.98 Å². The van der Waals surface area contributed by atoms with Gasteiger partial charge in [0.25, 0.3) is 0 Å². The van der Waals surface area contributed by atoms with Crippen molar-refractivity contribution < 1.29 is 0 Å². The molecule has 0 atom stereocenters. The number of rotatable bonds is 3. The Morgan fingerprint density at radius 2 is 1.85 bits per heavy atom. The van der Waals surface area contributed by atoms with Crippen molar-refractivity contribution >= 4 is 32.9 Å². The molecule has 110 valence electrons. The van der Waals surface area contributed by atoms with Crippen LogP contribution in [0.25, 0.3) is 10.2 Å². The molecule has 0 aliphatic rings.